The molecule has 1 aromatic carbocycles. The average molecular weight is 329 g/mol. The number of rotatable bonds is 3. The summed E-state index contributed by atoms with van der Waals surface area (Å²) in [6.07, 6.45) is 1.66. The Balaban J connectivity index is 2.18. The molecule has 0 fully saturated rings. The van der Waals surface area contributed by atoms with Gasteiger partial charge in [-0.2, -0.15) is 0 Å². The van der Waals surface area contributed by atoms with Crippen molar-refractivity contribution in [2.24, 2.45) is 0 Å². The van der Waals surface area contributed by atoms with Crippen molar-refractivity contribution in [1.29, 1.82) is 0 Å². The summed E-state index contributed by atoms with van der Waals surface area (Å²) in [5.41, 5.74) is 0.950. The van der Waals surface area contributed by atoms with Gasteiger partial charge in [0.15, 0.2) is 5.78 Å². The summed E-state index contributed by atoms with van der Waals surface area (Å²) in [5, 5.41) is 0.250. The first-order chi connectivity index (χ1) is 8.56. The lowest BCUT2D eigenvalue weighted by molar-refractivity contribution is 0.0988. The lowest BCUT2D eigenvalue weighted by atomic mass is 10.1. The highest BCUT2D eigenvalue weighted by atomic mass is 79.9. The van der Waals surface area contributed by atoms with Gasteiger partial charge in [0.1, 0.15) is 11.5 Å². The maximum Gasteiger partial charge on any atom is 0.185 e. The number of pyridine rings is 1. The van der Waals surface area contributed by atoms with Gasteiger partial charge in [-0.3, -0.25) is 9.78 Å². The second-order valence-corrected chi connectivity index (χ2v) is 5.02. The molecule has 1 aromatic heterocycles. The Kier molecular flexibility index (Phi) is 4.09. The van der Waals surface area contributed by atoms with E-state index >= 15 is 0 Å². The first-order valence-electron chi connectivity index (χ1n) is 5.15. The van der Waals surface area contributed by atoms with E-state index in [0.717, 1.165) is 4.47 Å². The third kappa shape index (κ3) is 3.15. The summed E-state index contributed by atoms with van der Waals surface area (Å²) in [7, 11) is 0. The maximum absolute atomic E-state index is 12.9. The van der Waals surface area contributed by atoms with E-state index in [2.05, 4.69) is 20.9 Å². The van der Waals surface area contributed by atoms with Crippen LogP contribution in [0.25, 0.3) is 0 Å². The molecule has 5 heteroatoms. The predicted molar refractivity (Wildman–Crippen MR) is 71.4 cm³/mol. The van der Waals surface area contributed by atoms with E-state index in [1.165, 1.54) is 18.2 Å². The van der Waals surface area contributed by atoms with Crippen LogP contribution in [0.2, 0.25) is 5.02 Å². The summed E-state index contributed by atoms with van der Waals surface area (Å²) < 4.78 is 13.7. The Morgan fingerprint density at radius 3 is 2.72 bits per heavy atom. The van der Waals surface area contributed by atoms with E-state index in [-0.39, 0.29) is 17.2 Å². The second kappa shape index (κ2) is 5.59. The largest absolute Gasteiger partial charge is 0.292 e. The fourth-order valence-corrected chi connectivity index (χ4v) is 1.94. The minimum absolute atomic E-state index is 0.105. The predicted octanol–water partition coefficient (Wildman–Crippen LogP) is 4.06. The molecule has 18 heavy (non-hydrogen) atoms. The highest BCUT2D eigenvalue weighted by Gasteiger charge is 2.11. The van der Waals surface area contributed by atoms with Gasteiger partial charge < -0.3 is 0 Å². The SMILES string of the molecule is O=C(Cc1ccc(F)cc1Cl)c1ccc(Br)cn1. The maximum atomic E-state index is 12.9. The molecule has 2 nitrogen and oxygen atoms in total. The normalized spacial score (nSPS) is 10.4. The van der Waals surface area contributed by atoms with Gasteiger partial charge in [-0.1, -0.05) is 17.7 Å². The minimum Gasteiger partial charge on any atom is -0.292 e. The molecule has 0 N–H and O–H groups in total. The fraction of sp³-hybridized carbons (Fsp3) is 0.0769. The number of ketones is 1. The van der Waals surface area contributed by atoms with Crippen LogP contribution in [-0.2, 0) is 6.42 Å². The molecule has 2 aromatic rings. The Morgan fingerprint density at radius 2 is 2.11 bits per heavy atom. The summed E-state index contributed by atoms with van der Waals surface area (Å²) in [6.45, 7) is 0. The quantitative estimate of drug-likeness (QED) is 0.795. The number of hydrogen-bond acceptors (Lipinski definition) is 2. The van der Waals surface area contributed by atoms with Gasteiger partial charge in [-0.25, -0.2) is 4.39 Å². The Hall–Kier alpha value is -1.26. The minimum atomic E-state index is -0.419. The van der Waals surface area contributed by atoms with Gasteiger partial charge in [0.2, 0.25) is 0 Å². The summed E-state index contributed by atoms with van der Waals surface area (Å²) in [4.78, 5) is 15.9. The molecule has 0 radical (unpaired) electrons. The Morgan fingerprint density at radius 1 is 1.33 bits per heavy atom. The zero-order valence-corrected chi connectivity index (χ0v) is 11.5. The van der Waals surface area contributed by atoms with Gasteiger partial charge in [0.25, 0.3) is 0 Å². The molecule has 0 atom stereocenters. The van der Waals surface area contributed by atoms with E-state index in [1.807, 2.05) is 0 Å². The Bertz CT molecular complexity index is 586. The molecule has 0 bridgehead atoms. The summed E-state index contributed by atoms with van der Waals surface area (Å²) in [6, 6.07) is 7.35. The highest BCUT2D eigenvalue weighted by Crippen LogP contribution is 2.19. The van der Waals surface area contributed by atoms with Crippen molar-refractivity contribution in [2.45, 2.75) is 6.42 Å². The van der Waals surface area contributed by atoms with E-state index < -0.39 is 5.82 Å². The van der Waals surface area contributed by atoms with Crippen molar-refractivity contribution in [1.82, 2.24) is 4.98 Å². The van der Waals surface area contributed by atoms with Crippen LogP contribution in [0.3, 0.4) is 0 Å². The molecular formula is C13H8BrClFNO. The van der Waals surface area contributed by atoms with E-state index in [1.54, 1.807) is 18.3 Å². The van der Waals surface area contributed by atoms with Crippen LogP contribution in [0.1, 0.15) is 16.1 Å². The third-order valence-corrected chi connectivity index (χ3v) is 3.20. The number of carbonyl (C=O) groups is 1. The molecule has 0 spiro atoms. The van der Waals surface area contributed by atoms with Crippen molar-refractivity contribution >= 4 is 33.3 Å². The van der Waals surface area contributed by atoms with Crippen molar-refractivity contribution < 1.29 is 9.18 Å². The first kappa shape index (κ1) is 13.2. The lowest BCUT2D eigenvalue weighted by Crippen LogP contribution is -2.06. The average Bonchev–Trinajstić information content (AvgIpc) is 2.33. The number of aromatic nitrogens is 1. The molecular weight excluding hydrogens is 321 g/mol. The van der Waals surface area contributed by atoms with E-state index in [9.17, 15) is 9.18 Å². The molecule has 0 aliphatic rings. The van der Waals surface area contributed by atoms with Crippen LogP contribution in [0.5, 0.6) is 0 Å². The fourth-order valence-electron chi connectivity index (χ4n) is 1.47. The van der Waals surface area contributed by atoms with E-state index in [4.69, 9.17) is 11.6 Å². The number of carbonyl (C=O) groups excluding carboxylic acids is 1. The number of benzene rings is 1. The molecule has 0 amide bonds. The van der Waals surface area contributed by atoms with Crippen LogP contribution in [-0.4, -0.2) is 10.8 Å². The van der Waals surface area contributed by atoms with Gasteiger partial charge in [0.05, 0.1) is 0 Å². The van der Waals surface area contributed by atoms with Crippen LogP contribution in [0.4, 0.5) is 4.39 Å². The number of halogens is 3. The summed E-state index contributed by atoms with van der Waals surface area (Å²) in [5.74, 6) is -0.575. The number of Topliss-reactive ketones (excluding diaryl/α,β-unsaturated/α-hetero) is 1. The highest BCUT2D eigenvalue weighted by molar-refractivity contribution is 9.10. The molecule has 2 rings (SSSR count). The molecule has 0 saturated heterocycles. The first-order valence-corrected chi connectivity index (χ1v) is 6.32. The lowest BCUT2D eigenvalue weighted by Gasteiger charge is -2.03. The number of hydrogen-bond donors (Lipinski definition) is 0. The Labute approximate surface area is 117 Å². The summed E-state index contributed by atoms with van der Waals surface area (Å²) >= 11 is 9.11. The van der Waals surface area contributed by atoms with Crippen LogP contribution in [0.15, 0.2) is 41.0 Å². The zero-order chi connectivity index (χ0) is 13.1. The molecule has 1 heterocycles. The van der Waals surface area contributed by atoms with Crippen molar-refractivity contribution in [3.8, 4) is 0 Å². The molecule has 0 unspecified atom stereocenters. The van der Waals surface area contributed by atoms with Crippen LogP contribution < -0.4 is 0 Å². The van der Waals surface area contributed by atoms with Gasteiger partial charge >= 0.3 is 0 Å². The van der Waals surface area contributed by atoms with Crippen LogP contribution >= 0.6 is 27.5 Å². The molecule has 0 aliphatic carbocycles. The smallest absolute Gasteiger partial charge is 0.185 e. The van der Waals surface area contributed by atoms with E-state index in [0.29, 0.717) is 11.3 Å². The standard InChI is InChI=1S/C13H8BrClFNO/c14-9-2-4-12(17-7-9)13(18)5-8-1-3-10(16)6-11(8)15/h1-4,6-7H,5H2. The zero-order valence-electron chi connectivity index (χ0n) is 9.16. The van der Waals surface area contributed by atoms with Gasteiger partial charge in [-0.15, -0.1) is 0 Å². The molecule has 0 saturated carbocycles. The van der Waals surface area contributed by atoms with Crippen LogP contribution in [0, 0.1) is 5.82 Å². The van der Waals surface area contributed by atoms with Crippen molar-refractivity contribution in [3.63, 3.8) is 0 Å². The second-order valence-electron chi connectivity index (χ2n) is 3.70. The monoisotopic (exact) mass is 327 g/mol. The van der Waals surface area contributed by atoms with Crippen molar-refractivity contribution in [3.05, 3.63) is 63.1 Å². The topological polar surface area (TPSA) is 30.0 Å². The third-order valence-electron chi connectivity index (χ3n) is 2.38. The van der Waals surface area contributed by atoms with Gasteiger partial charge in [-0.05, 0) is 45.8 Å². The van der Waals surface area contributed by atoms with Gasteiger partial charge in [0, 0.05) is 22.1 Å². The van der Waals surface area contributed by atoms with Crippen molar-refractivity contribution in [2.75, 3.05) is 0 Å². The molecule has 92 valence electrons. The number of nitrogens with zero attached hydrogens (tertiary/aromatic N) is 1. The molecule has 0 aliphatic heterocycles.